The Morgan fingerprint density at radius 1 is 1.50 bits per heavy atom. The summed E-state index contributed by atoms with van der Waals surface area (Å²) in [7, 11) is 2.20. The van der Waals surface area contributed by atoms with Crippen LogP contribution in [0.15, 0.2) is 16.6 Å². The third-order valence-corrected chi connectivity index (χ3v) is 4.61. The lowest BCUT2D eigenvalue weighted by molar-refractivity contribution is 0.217. The van der Waals surface area contributed by atoms with Gasteiger partial charge in [-0.2, -0.15) is 0 Å². The van der Waals surface area contributed by atoms with Crippen molar-refractivity contribution in [1.82, 2.24) is 4.90 Å². The van der Waals surface area contributed by atoms with Gasteiger partial charge in [-0.15, -0.1) is 0 Å². The molecule has 0 amide bonds. The van der Waals surface area contributed by atoms with Gasteiger partial charge in [0.05, 0.1) is 0 Å². The van der Waals surface area contributed by atoms with Crippen LogP contribution < -0.4 is 5.32 Å². The minimum Gasteiger partial charge on any atom is -0.384 e. The number of halogens is 2. The van der Waals surface area contributed by atoms with Crippen LogP contribution in [0.4, 0.5) is 5.69 Å². The summed E-state index contributed by atoms with van der Waals surface area (Å²) in [5.74, 6) is 0.732. The molecule has 0 spiro atoms. The fourth-order valence-electron chi connectivity index (χ4n) is 2.48. The van der Waals surface area contributed by atoms with E-state index in [9.17, 15) is 0 Å². The van der Waals surface area contributed by atoms with E-state index < -0.39 is 0 Å². The molecule has 1 aliphatic heterocycles. The van der Waals surface area contributed by atoms with Crippen LogP contribution in [-0.2, 0) is 0 Å². The molecule has 1 N–H and O–H groups in total. The van der Waals surface area contributed by atoms with Gasteiger partial charge in [0.2, 0.25) is 0 Å². The van der Waals surface area contributed by atoms with E-state index in [4.69, 9.17) is 11.6 Å². The van der Waals surface area contributed by atoms with E-state index in [0.717, 1.165) is 33.2 Å². The molecule has 4 heteroatoms. The average Bonchev–Trinajstić information content (AvgIpc) is 2.32. The Morgan fingerprint density at radius 3 is 3.00 bits per heavy atom. The molecule has 1 unspecified atom stereocenters. The predicted octanol–water partition coefficient (Wildman–Crippen LogP) is 4.16. The van der Waals surface area contributed by atoms with Gasteiger partial charge in [-0.25, -0.2) is 0 Å². The highest BCUT2D eigenvalue weighted by molar-refractivity contribution is 9.10. The highest BCUT2D eigenvalue weighted by Gasteiger charge is 2.17. The van der Waals surface area contributed by atoms with E-state index in [-0.39, 0.29) is 0 Å². The number of benzene rings is 1. The summed E-state index contributed by atoms with van der Waals surface area (Å²) < 4.78 is 1.09. The van der Waals surface area contributed by atoms with Gasteiger partial charge in [0.25, 0.3) is 0 Å². The van der Waals surface area contributed by atoms with Crippen molar-refractivity contribution in [1.29, 1.82) is 0 Å². The second-order valence-corrected chi connectivity index (χ2v) is 6.49. The molecule has 0 radical (unpaired) electrons. The number of likely N-dealkylation sites (tertiary alicyclic amines) is 1. The number of hydrogen-bond donors (Lipinski definition) is 1. The fraction of sp³-hybridized carbons (Fsp3) is 0.571. The van der Waals surface area contributed by atoms with E-state index in [2.05, 4.69) is 39.3 Å². The lowest BCUT2D eigenvalue weighted by Gasteiger charge is -2.30. The third kappa shape index (κ3) is 3.62. The Kier molecular flexibility index (Phi) is 4.93. The molecule has 1 atom stereocenters. The summed E-state index contributed by atoms with van der Waals surface area (Å²) >= 11 is 9.75. The molecule has 0 saturated carbocycles. The molecule has 100 valence electrons. The van der Waals surface area contributed by atoms with Crippen molar-refractivity contribution in [3.63, 3.8) is 0 Å². The average molecular weight is 332 g/mol. The molecule has 1 aromatic carbocycles. The van der Waals surface area contributed by atoms with Gasteiger partial charge in [0.1, 0.15) is 0 Å². The van der Waals surface area contributed by atoms with Crippen molar-refractivity contribution in [2.75, 3.05) is 32.0 Å². The van der Waals surface area contributed by atoms with Crippen molar-refractivity contribution in [2.45, 2.75) is 19.8 Å². The van der Waals surface area contributed by atoms with Crippen LogP contribution in [0.2, 0.25) is 5.02 Å². The SMILES string of the molecule is Cc1cc(Br)c(NCC2CCCN(C)C2)cc1Cl. The molecule has 2 nitrogen and oxygen atoms in total. The lowest BCUT2D eigenvalue weighted by Crippen LogP contribution is -2.35. The van der Waals surface area contributed by atoms with E-state index >= 15 is 0 Å². The number of aryl methyl sites for hydroxylation is 1. The first kappa shape index (κ1) is 14.2. The second-order valence-electron chi connectivity index (χ2n) is 5.23. The number of hydrogen-bond acceptors (Lipinski definition) is 2. The molecular formula is C14H20BrClN2. The van der Waals surface area contributed by atoms with Crippen LogP contribution in [0.5, 0.6) is 0 Å². The van der Waals surface area contributed by atoms with Gasteiger partial charge in [0, 0.05) is 28.3 Å². The minimum absolute atomic E-state index is 0.732. The third-order valence-electron chi connectivity index (χ3n) is 3.55. The molecule has 1 aliphatic rings. The van der Waals surface area contributed by atoms with Crippen LogP contribution in [0.25, 0.3) is 0 Å². The predicted molar refractivity (Wildman–Crippen MR) is 82.6 cm³/mol. The van der Waals surface area contributed by atoms with Crippen molar-refractivity contribution in [3.8, 4) is 0 Å². The number of nitrogens with zero attached hydrogens (tertiary/aromatic N) is 1. The van der Waals surface area contributed by atoms with Crippen molar-refractivity contribution in [3.05, 3.63) is 27.2 Å². The van der Waals surface area contributed by atoms with E-state index in [1.807, 2.05) is 13.0 Å². The van der Waals surface area contributed by atoms with Gasteiger partial charge in [-0.1, -0.05) is 11.6 Å². The zero-order valence-corrected chi connectivity index (χ0v) is 13.3. The molecule has 1 saturated heterocycles. The Hall–Kier alpha value is -0.250. The van der Waals surface area contributed by atoms with Crippen LogP contribution >= 0.6 is 27.5 Å². The largest absolute Gasteiger partial charge is 0.384 e. The number of rotatable bonds is 3. The first-order chi connectivity index (χ1) is 8.56. The van der Waals surface area contributed by atoms with E-state index in [1.54, 1.807) is 0 Å². The highest BCUT2D eigenvalue weighted by Crippen LogP contribution is 2.29. The molecule has 0 aliphatic carbocycles. The Morgan fingerprint density at radius 2 is 2.28 bits per heavy atom. The van der Waals surface area contributed by atoms with Crippen LogP contribution in [0.1, 0.15) is 18.4 Å². The first-order valence-electron chi connectivity index (χ1n) is 6.44. The first-order valence-corrected chi connectivity index (χ1v) is 7.61. The normalized spacial score (nSPS) is 21.0. The van der Waals surface area contributed by atoms with Gasteiger partial charge in [0.15, 0.2) is 0 Å². The fourth-order valence-corrected chi connectivity index (χ4v) is 3.24. The van der Waals surface area contributed by atoms with Gasteiger partial charge < -0.3 is 10.2 Å². The molecule has 1 fully saturated rings. The second kappa shape index (κ2) is 6.27. The van der Waals surface area contributed by atoms with Crippen LogP contribution in [0.3, 0.4) is 0 Å². The monoisotopic (exact) mass is 330 g/mol. The standard InChI is InChI=1S/C14H20BrClN2/c1-10-6-12(15)14(7-13(10)16)17-8-11-4-3-5-18(2)9-11/h6-7,11,17H,3-5,8-9H2,1-2H3. The number of anilines is 1. The smallest absolute Gasteiger partial charge is 0.0499 e. The number of piperidine rings is 1. The quantitative estimate of drug-likeness (QED) is 0.894. The summed E-state index contributed by atoms with van der Waals surface area (Å²) in [5.41, 5.74) is 2.20. The molecular weight excluding hydrogens is 312 g/mol. The summed E-state index contributed by atoms with van der Waals surface area (Å²) in [6, 6.07) is 4.07. The zero-order valence-electron chi connectivity index (χ0n) is 11.0. The zero-order chi connectivity index (χ0) is 13.1. The maximum Gasteiger partial charge on any atom is 0.0499 e. The summed E-state index contributed by atoms with van der Waals surface area (Å²) in [6.45, 7) is 5.45. The summed E-state index contributed by atoms with van der Waals surface area (Å²) in [4.78, 5) is 2.41. The molecule has 0 bridgehead atoms. The maximum atomic E-state index is 6.16. The Bertz CT molecular complexity index is 423. The van der Waals surface area contributed by atoms with Crippen LogP contribution in [-0.4, -0.2) is 31.6 Å². The summed E-state index contributed by atoms with van der Waals surface area (Å²) in [6.07, 6.45) is 2.62. The van der Waals surface area contributed by atoms with Crippen LogP contribution in [0, 0.1) is 12.8 Å². The van der Waals surface area contributed by atoms with Gasteiger partial charge in [-0.3, -0.25) is 0 Å². The molecule has 0 aromatic heterocycles. The van der Waals surface area contributed by atoms with Gasteiger partial charge in [-0.05, 0) is 72.9 Å². The highest BCUT2D eigenvalue weighted by atomic mass is 79.9. The molecule has 18 heavy (non-hydrogen) atoms. The Balaban J connectivity index is 1.95. The number of nitrogens with one attached hydrogen (secondary N) is 1. The molecule has 2 rings (SSSR count). The topological polar surface area (TPSA) is 15.3 Å². The minimum atomic E-state index is 0.732. The summed E-state index contributed by atoms with van der Waals surface area (Å²) in [5, 5.41) is 4.33. The molecule has 1 aromatic rings. The van der Waals surface area contributed by atoms with E-state index in [0.29, 0.717) is 0 Å². The van der Waals surface area contributed by atoms with Gasteiger partial charge >= 0.3 is 0 Å². The van der Waals surface area contributed by atoms with Crippen molar-refractivity contribution < 1.29 is 0 Å². The van der Waals surface area contributed by atoms with Crippen molar-refractivity contribution >= 4 is 33.2 Å². The Labute approximate surface area is 123 Å². The molecule has 1 heterocycles. The maximum absolute atomic E-state index is 6.16. The lowest BCUT2D eigenvalue weighted by atomic mass is 9.98. The van der Waals surface area contributed by atoms with E-state index in [1.165, 1.54) is 25.9 Å². The van der Waals surface area contributed by atoms with Crippen molar-refractivity contribution in [2.24, 2.45) is 5.92 Å².